The van der Waals surface area contributed by atoms with Crippen LogP contribution in [0.25, 0.3) is 0 Å². The molecule has 7 heteroatoms. The van der Waals surface area contributed by atoms with Crippen molar-refractivity contribution in [1.29, 1.82) is 0 Å². The molecular weight excluding hydrogens is 368 g/mol. The van der Waals surface area contributed by atoms with Crippen LogP contribution in [0, 0.1) is 0 Å². The van der Waals surface area contributed by atoms with Gasteiger partial charge in [0.25, 0.3) is 0 Å². The predicted molar refractivity (Wildman–Crippen MR) is 105 cm³/mol. The van der Waals surface area contributed by atoms with Crippen molar-refractivity contribution in [3.8, 4) is 11.5 Å². The maximum Gasteiger partial charge on any atom is 0.226 e. The fourth-order valence-electron chi connectivity index (χ4n) is 2.57. The summed E-state index contributed by atoms with van der Waals surface area (Å²) in [6.45, 7) is 2.16. The first-order chi connectivity index (χ1) is 12.9. The van der Waals surface area contributed by atoms with Gasteiger partial charge in [0.2, 0.25) is 11.8 Å². The number of methoxy groups -OCH3 is 2. The Labute approximate surface area is 164 Å². The number of carbonyl (C=O) groups excluding carboxylic acids is 2. The number of halogens is 1. The van der Waals surface area contributed by atoms with Gasteiger partial charge in [0.05, 0.1) is 14.2 Å². The first-order valence-corrected chi connectivity index (χ1v) is 8.82. The van der Waals surface area contributed by atoms with Crippen LogP contribution in [0.3, 0.4) is 0 Å². The maximum absolute atomic E-state index is 12.2. The minimum absolute atomic E-state index is 0.111. The Kier molecular flexibility index (Phi) is 7.49. The molecule has 0 fully saturated rings. The van der Waals surface area contributed by atoms with Crippen molar-refractivity contribution in [3.63, 3.8) is 0 Å². The molecule has 6 nitrogen and oxygen atoms in total. The molecular formula is C20H23ClN2O4. The van der Waals surface area contributed by atoms with Gasteiger partial charge in [-0.15, -0.1) is 0 Å². The summed E-state index contributed by atoms with van der Waals surface area (Å²) in [7, 11) is 3.13. The molecule has 1 N–H and O–H groups in total. The number of hydrogen-bond acceptors (Lipinski definition) is 4. The van der Waals surface area contributed by atoms with E-state index in [9.17, 15) is 9.59 Å². The van der Waals surface area contributed by atoms with E-state index in [1.165, 1.54) is 6.92 Å². The third-order valence-corrected chi connectivity index (χ3v) is 4.22. The zero-order valence-corrected chi connectivity index (χ0v) is 16.4. The molecule has 0 aliphatic heterocycles. The first-order valence-electron chi connectivity index (χ1n) is 8.44. The fraction of sp³-hybridized carbons (Fsp3) is 0.300. The summed E-state index contributed by atoms with van der Waals surface area (Å²) in [5.41, 5.74) is 1.51. The van der Waals surface area contributed by atoms with Gasteiger partial charge in [-0.3, -0.25) is 9.59 Å². The molecule has 0 aliphatic carbocycles. The van der Waals surface area contributed by atoms with Crippen molar-refractivity contribution in [2.24, 2.45) is 0 Å². The molecule has 0 heterocycles. The second-order valence-corrected chi connectivity index (χ2v) is 6.37. The van der Waals surface area contributed by atoms with E-state index in [1.807, 2.05) is 12.1 Å². The number of amides is 2. The Bertz CT molecular complexity index is 810. The Morgan fingerprint density at radius 2 is 1.81 bits per heavy atom. The highest BCUT2D eigenvalue weighted by molar-refractivity contribution is 6.30. The van der Waals surface area contributed by atoms with E-state index in [2.05, 4.69) is 5.32 Å². The topological polar surface area (TPSA) is 67.9 Å². The molecule has 0 radical (unpaired) electrons. The average Bonchev–Trinajstić information content (AvgIpc) is 2.64. The predicted octanol–water partition coefficient (Wildman–Crippen LogP) is 3.73. The van der Waals surface area contributed by atoms with E-state index in [-0.39, 0.29) is 18.2 Å². The highest BCUT2D eigenvalue weighted by Gasteiger charge is 2.14. The smallest absolute Gasteiger partial charge is 0.226 e. The Balaban J connectivity index is 1.97. The zero-order chi connectivity index (χ0) is 19.8. The Morgan fingerprint density at radius 3 is 2.44 bits per heavy atom. The Morgan fingerprint density at radius 1 is 1.07 bits per heavy atom. The third kappa shape index (κ3) is 6.18. The van der Waals surface area contributed by atoms with Crippen molar-refractivity contribution in [2.75, 3.05) is 26.1 Å². The summed E-state index contributed by atoms with van der Waals surface area (Å²) in [6.07, 6.45) is 0.180. The number of nitrogens with one attached hydrogen (secondary N) is 1. The summed E-state index contributed by atoms with van der Waals surface area (Å²) in [4.78, 5) is 25.7. The summed E-state index contributed by atoms with van der Waals surface area (Å²) in [5, 5.41) is 3.32. The van der Waals surface area contributed by atoms with Crippen LogP contribution in [0.4, 0.5) is 5.69 Å². The quantitative estimate of drug-likeness (QED) is 0.745. The SMILES string of the molecule is COc1ccc(CN(CCC(=O)Nc2cccc(Cl)c2)C(C)=O)cc1OC. The molecule has 2 aromatic carbocycles. The van der Waals surface area contributed by atoms with Crippen molar-refractivity contribution in [1.82, 2.24) is 4.90 Å². The number of ether oxygens (including phenoxy) is 2. The van der Waals surface area contributed by atoms with Gasteiger partial charge in [0.15, 0.2) is 11.5 Å². The number of rotatable bonds is 8. The van der Waals surface area contributed by atoms with Gasteiger partial charge in [-0.05, 0) is 35.9 Å². The standard InChI is InChI=1S/C20H23ClN2O4/c1-14(24)23(13-15-7-8-18(26-2)19(11-15)27-3)10-9-20(25)22-17-6-4-5-16(21)12-17/h4-8,11-12H,9-10,13H2,1-3H3,(H,22,25). The minimum atomic E-state index is -0.184. The van der Waals surface area contributed by atoms with Crippen molar-refractivity contribution in [3.05, 3.63) is 53.1 Å². The summed E-state index contributed by atoms with van der Waals surface area (Å²) in [5.74, 6) is 0.921. The van der Waals surface area contributed by atoms with Gasteiger partial charge in [-0.1, -0.05) is 23.7 Å². The number of nitrogens with zero attached hydrogens (tertiary/aromatic N) is 1. The summed E-state index contributed by atoms with van der Waals surface area (Å²) < 4.78 is 10.5. The summed E-state index contributed by atoms with van der Waals surface area (Å²) >= 11 is 5.91. The number of carbonyl (C=O) groups is 2. The molecule has 0 atom stereocenters. The Hall–Kier alpha value is -2.73. The molecule has 0 saturated carbocycles. The molecule has 0 spiro atoms. The van der Waals surface area contributed by atoms with E-state index in [0.29, 0.717) is 35.3 Å². The summed E-state index contributed by atoms with van der Waals surface area (Å²) in [6, 6.07) is 12.4. The van der Waals surface area contributed by atoms with E-state index >= 15 is 0 Å². The monoisotopic (exact) mass is 390 g/mol. The van der Waals surface area contributed by atoms with Crippen LogP contribution >= 0.6 is 11.6 Å². The van der Waals surface area contributed by atoms with Crippen molar-refractivity contribution in [2.45, 2.75) is 19.9 Å². The first kappa shape index (κ1) is 20.6. The van der Waals surface area contributed by atoms with Crippen LogP contribution in [-0.4, -0.2) is 37.5 Å². The van der Waals surface area contributed by atoms with Gasteiger partial charge in [0.1, 0.15) is 0 Å². The molecule has 0 aliphatic rings. The van der Waals surface area contributed by atoms with E-state index in [0.717, 1.165) is 5.56 Å². The molecule has 0 saturated heterocycles. The van der Waals surface area contributed by atoms with Crippen LogP contribution in [0.2, 0.25) is 5.02 Å². The fourth-order valence-corrected chi connectivity index (χ4v) is 2.76. The molecule has 2 rings (SSSR count). The molecule has 144 valence electrons. The molecule has 0 unspecified atom stereocenters. The van der Waals surface area contributed by atoms with Crippen LogP contribution in [0.1, 0.15) is 18.9 Å². The number of anilines is 1. The van der Waals surface area contributed by atoms with Crippen LogP contribution in [-0.2, 0) is 16.1 Å². The highest BCUT2D eigenvalue weighted by atomic mass is 35.5. The van der Waals surface area contributed by atoms with Crippen molar-refractivity contribution < 1.29 is 19.1 Å². The molecule has 2 aromatic rings. The van der Waals surface area contributed by atoms with E-state index in [1.54, 1.807) is 49.5 Å². The zero-order valence-electron chi connectivity index (χ0n) is 15.6. The lowest BCUT2D eigenvalue weighted by Crippen LogP contribution is -2.31. The van der Waals surface area contributed by atoms with Gasteiger partial charge >= 0.3 is 0 Å². The van der Waals surface area contributed by atoms with Crippen LogP contribution in [0.15, 0.2) is 42.5 Å². The maximum atomic E-state index is 12.2. The van der Waals surface area contributed by atoms with Crippen LogP contribution in [0.5, 0.6) is 11.5 Å². The molecule has 2 amide bonds. The number of hydrogen-bond donors (Lipinski definition) is 1. The van der Waals surface area contributed by atoms with Crippen molar-refractivity contribution >= 4 is 29.1 Å². The lowest BCUT2D eigenvalue weighted by Gasteiger charge is -2.21. The van der Waals surface area contributed by atoms with Gasteiger partial charge < -0.3 is 19.7 Å². The molecule has 0 bridgehead atoms. The lowest BCUT2D eigenvalue weighted by atomic mass is 10.1. The largest absolute Gasteiger partial charge is 0.493 e. The van der Waals surface area contributed by atoms with E-state index in [4.69, 9.17) is 21.1 Å². The van der Waals surface area contributed by atoms with Gasteiger partial charge in [0, 0.05) is 37.1 Å². The van der Waals surface area contributed by atoms with Crippen LogP contribution < -0.4 is 14.8 Å². The second kappa shape index (κ2) is 9.83. The second-order valence-electron chi connectivity index (χ2n) is 5.94. The lowest BCUT2D eigenvalue weighted by molar-refractivity contribution is -0.129. The van der Waals surface area contributed by atoms with Gasteiger partial charge in [-0.2, -0.15) is 0 Å². The molecule has 0 aromatic heterocycles. The minimum Gasteiger partial charge on any atom is -0.493 e. The van der Waals surface area contributed by atoms with Gasteiger partial charge in [-0.25, -0.2) is 0 Å². The third-order valence-electron chi connectivity index (χ3n) is 3.98. The molecule has 27 heavy (non-hydrogen) atoms. The average molecular weight is 391 g/mol. The van der Waals surface area contributed by atoms with E-state index < -0.39 is 0 Å². The highest BCUT2D eigenvalue weighted by Crippen LogP contribution is 2.28. The normalized spacial score (nSPS) is 10.2. The number of benzene rings is 2.